The zero-order valence-electron chi connectivity index (χ0n) is 13.7. The Kier molecular flexibility index (Phi) is 5.51. The third-order valence-corrected chi connectivity index (χ3v) is 3.78. The first kappa shape index (κ1) is 17.5. The number of amides is 3. The molecule has 2 rings (SSSR count). The van der Waals surface area contributed by atoms with Crippen LogP contribution in [0.25, 0.3) is 6.08 Å². The van der Waals surface area contributed by atoms with Crippen molar-refractivity contribution in [2.24, 2.45) is 0 Å². The standard InChI is InChI=1S/C16H20N4O4/c1-17(2)16(22)19-11-9-18(10-12-19)15(21)8-7-13-5-3-4-6-14(13)20(23)24/h3-8H,9-12H2,1-2H3/b8-7+. The average molecular weight is 332 g/mol. The molecule has 1 aromatic carbocycles. The maximum atomic E-state index is 12.2. The molecule has 0 saturated carbocycles. The number of hydrogen-bond donors (Lipinski definition) is 0. The molecule has 128 valence electrons. The van der Waals surface area contributed by atoms with Gasteiger partial charge in [-0.15, -0.1) is 0 Å². The van der Waals surface area contributed by atoms with E-state index in [0.29, 0.717) is 31.7 Å². The van der Waals surface area contributed by atoms with Crippen LogP contribution in [0, 0.1) is 10.1 Å². The molecule has 1 heterocycles. The molecule has 0 unspecified atom stereocenters. The Labute approximate surface area is 140 Å². The molecular weight excluding hydrogens is 312 g/mol. The molecule has 1 aliphatic rings. The first-order chi connectivity index (χ1) is 11.4. The first-order valence-corrected chi connectivity index (χ1v) is 7.57. The Bertz CT molecular complexity index is 664. The van der Waals surface area contributed by atoms with Crippen LogP contribution >= 0.6 is 0 Å². The van der Waals surface area contributed by atoms with Gasteiger partial charge in [-0.3, -0.25) is 14.9 Å². The van der Waals surface area contributed by atoms with Gasteiger partial charge in [-0.05, 0) is 12.1 Å². The Balaban J connectivity index is 1.97. The summed E-state index contributed by atoms with van der Waals surface area (Å²) in [6, 6.07) is 6.18. The number of nitrogens with zero attached hydrogens (tertiary/aromatic N) is 4. The van der Waals surface area contributed by atoms with Crippen molar-refractivity contribution in [3.8, 4) is 0 Å². The van der Waals surface area contributed by atoms with Crippen LogP contribution in [0.2, 0.25) is 0 Å². The quantitative estimate of drug-likeness (QED) is 0.476. The van der Waals surface area contributed by atoms with Crippen molar-refractivity contribution >= 4 is 23.7 Å². The first-order valence-electron chi connectivity index (χ1n) is 7.57. The van der Waals surface area contributed by atoms with E-state index in [1.165, 1.54) is 23.1 Å². The number of carbonyl (C=O) groups excluding carboxylic acids is 2. The van der Waals surface area contributed by atoms with Crippen molar-refractivity contribution in [2.45, 2.75) is 0 Å². The van der Waals surface area contributed by atoms with E-state index in [2.05, 4.69) is 0 Å². The molecule has 0 aromatic heterocycles. The van der Waals surface area contributed by atoms with Gasteiger partial charge in [0.05, 0.1) is 10.5 Å². The molecule has 0 aliphatic carbocycles. The molecule has 0 bridgehead atoms. The molecule has 0 atom stereocenters. The van der Waals surface area contributed by atoms with Gasteiger partial charge in [0.1, 0.15) is 0 Å². The number of benzene rings is 1. The van der Waals surface area contributed by atoms with E-state index in [9.17, 15) is 19.7 Å². The van der Waals surface area contributed by atoms with Crippen molar-refractivity contribution in [1.82, 2.24) is 14.7 Å². The van der Waals surface area contributed by atoms with Crippen LogP contribution in [0.15, 0.2) is 30.3 Å². The molecule has 8 nitrogen and oxygen atoms in total. The largest absolute Gasteiger partial charge is 0.336 e. The zero-order chi connectivity index (χ0) is 17.7. The number of nitro groups is 1. The van der Waals surface area contributed by atoms with E-state index in [-0.39, 0.29) is 17.6 Å². The highest BCUT2D eigenvalue weighted by molar-refractivity contribution is 5.92. The van der Waals surface area contributed by atoms with Gasteiger partial charge in [0.2, 0.25) is 5.91 Å². The van der Waals surface area contributed by atoms with E-state index in [0.717, 1.165) is 0 Å². The second kappa shape index (κ2) is 7.58. The number of urea groups is 1. The normalized spacial score (nSPS) is 14.8. The number of piperazine rings is 1. The van der Waals surface area contributed by atoms with Gasteiger partial charge in [0.25, 0.3) is 5.69 Å². The molecule has 1 fully saturated rings. The summed E-state index contributed by atoms with van der Waals surface area (Å²) in [5.74, 6) is -0.217. The number of hydrogen-bond acceptors (Lipinski definition) is 4. The van der Waals surface area contributed by atoms with Crippen molar-refractivity contribution in [2.75, 3.05) is 40.3 Å². The lowest BCUT2D eigenvalue weighted by Gasteiger charge is -2.35. The van der Waals surface area contributed by atoms with Crippen LogP contribution in [-0.4, -0.2) is 71.8 Å². The molecular formula is C16H20N4O4. The van der Waals surface area contributed by atoms with E-state index < -0.39 is 4.92 Å². The van der Waals surface area contributed by atoms with Gasteiger partial charge in [-0.2, -0.15) is 0 Å². The fraction of sp³-hybridized carbons (Fsp3) is 0.375. The predicted octanol–water partition coefficient (Wildman–Crippen LogP) is 1.43. The lowest BCUT2D eigenvalue weighted by molar-refractivity contribution is -0.385. The van der Waals surface area contributed by atoms with Crippen LogP contribution in [0.3, 0.4) is 0 Å². The maximum absolute atomic E-state index is 12.2. The second-order valence-corrected chi connectivity index (χ2v) is 5.64. The minimum atomic E-state index is -0.476. The fourth-order valence-electron chi connectivity index (χ4n) is 2.46. The summed E-state index contributed by atoms with van der Waals surface area (Å²) in [6.45, 7) is 1.84. The summed E-state index contributed by atoms with van der Waals surface area (Å²) in [4.78, 5) is 39.4. The van der Waals surface area contributed by atoms with Crippen molar-refractivity contribution in [3.63, 3.8) is 0 Å². The minimum absolute atomic E-state index is 0.0389. The molecule has 24 heavy (non-hydrogen) atoms. The summed E-state index contributed by atoms with van der Waals surface area (Å²) in [5.41, 5.74) is 0.347. The minimum Gasteiger partial charge on any atom is -0.336 e. The molecule has 0 radical (unpaired) electrons. The Morgan fingerprint density at radius 1 is 1.12 bits per heavy atom. The van der Waals surface area contributed by atoms with E-state index in [1.807, 2.05) is 0 Å². The molecule has 1 aliphatic heterocycles. The lowest BCUT2D eigenvalue weighted by Crippen LogP contribution is -2.52. The molecule has 3 amide bonds. The van der Waals surface area contributed by atoms with Gasteiger partial charge in [-0.25, -0.2) is 4.79 Å². The molecule has 0 N–H and O–H groups in total. The third-order valence-electron chi connectivity index (χ3n) is 3.78. The molecule has 1 aromatic rings. The monoisotopic (exact) mass is 332 g/mol. The Hall–Kier alpha value is -2.90. The predicted molar refractivity (Wildman–Crippen MR) is 89.4 cm³/mol. The number of para-hydroxylation sites is 1. The van der Waals surface area contributed by atoms with Gasteiger partial charge in [0.15, 0.2) is 0 Å². The summed E-state index contributed by atoms with van der Waals surface area (Å²) in [7, 11) is 3.38. The van der Waals surface area contributed by atoms with Crippen LogP contribution in [0.4, 0.5) is 10.5 Å². The van der Waals surface area contributed by atoms with Gasteiger partial charge >= 0.3 is 6.03 Å². The van der Waals surface area contributed by atoms with Gasteiger partial charge in [0, 0.05) is 52.4 Å². The average Bonchev–Trinajstić information content (AvgIpc) is 2.59. The van der Waals surface area contributed by atoms with Gasteiger partial charge < -0.3 is 14.7 Å². The summed E-state index contributed by atoms with van der Waals surface area (Å²) < 4.78 is 0. The van der Waals surface area contributed by atoms with Crippen LogP contribution in [0.5, 0.6) is 0 Å². The van der Waals surface area contributed by atoms with Crippen LogP contribution in [0.1, 0.15) is 5.56 Å². The summed E-state index contributed by atoms with van der Waals surface area (Å²) in [6.07, 6.45) is 2.80. The lowest BCUT2D eigenvalue weighted by atomic mass is 10.1. The maximum Gasteiger partial charge on any atom is 0.319 e. The van der Waals surface area contributed by atoms with E-state index in [4.69, 9.17) is 0 Å². The molecule has 8 heteroatoms. The zero-order valence-corrected chi connectivity index (χ0v) is 13.7. The topological polar surface area (TPSA) is 87.0 Å². The van der Waals surface area contributed by atoms with E-state index in [1.54, 1.807) is 42.1 Å². The van der Waals surface area contributed by atoms with Crippen molar-refractivity contribution in [1.29, 1.82) is 0 Å². The Morgan fingerprint density at radius 3 is 2.29 bits per heavy atom. The fourth-order valence-corrected chi connectivity index (χ4v) is 2.46. The van der Waals surface area contributed by atoms with Crippen molar-refractivity contribution < 1.29 is 14.5 Å². The molecule has 1 saturated heterocycles. The SMILES string of the molecule is CN(C)C(=O)N1CCN(C(=O)/C=C/c2ccccc2[N+](=O)[O-])CC1. The summed E-state index contributed by atoms with van der Waals surface area (Å²) >= 11 is 0. The number of carbonyl (C=O) groups is 2. The summed E-state index contributed by atoms with van der Waals surface area (Å²) in [5, 5.41) is 11.0. The van der Waals surface area contributed by atoms with Crippen LogP contribution in [-0.2, 0) is 4.79 Å². The highest BCUT2D eigenvalue weighted by atomic mass is 16.6. The number of rotatable bonds is 3. The smallest absolute Gasteiger partial charge is 0.319 e. The number of nitro benzene ring substituents is 1. The second-order valence-electron chi connectivity index (χ2n) is 5.64. The van der Waals surface area contributed by atoms with Crippen LogP contribution < -0.4 is 0 Å². The Morgan fingerprint density at radius 2 is 1.71 bits per heavy atom. The highest BCUT2D eigenvalue weighted by Gasteiger charge is 2.24. The highest BCUT2D eigenvalue weighted by Crippen LogP contribution is 2.19. The van der Waals surface area contributed by atoms with Gasteiger partial charge in [-0.1, -0.05) is 12.1 Å². The van der Waals surface area contributed by atoms with Crippen molar-refractivity contribution in [3.05, 3.63) is 46.0 Å². The molecule has 0 spiro atoms. The van der Waals surface area contributed by atoms with E-state index >= 15 is 0 Å². The third kappa shape index (κ3) is 4.09.